The minimum absolute atomic E-state index is 0.0777. The van der Waals surface area contributed by atoms with Crippen LogP contribution in [0.1, 0.15) is 25.8 Å². The van der Waals surface area contributed by atoms with Gasteiger partial charge in [-0.3, -0.25) is 4.79 Å². The fraction of sp³-hybridized carbons (Fsp3) is 0.391. The Morgan fingerprint density at radius 1 is 1.13 bits per heavy atom. The number of amidine groups is 1. The Kier molecular flexibility index (Phi) is 6.39. The van der Waals surface area contributed by atoms with Crippen molar-refractivity contribution in [1.82, 2.24) is 0 Å². The first-order valence-electron chi connectivity index (χ1n) is 10.4. The van der Waals surface area contributed by atoms with Gasteiger partial charge in [-0.25, -0.2) is 8.42 Å². The zero-order valence-electron chi connectivity index (χ0n) is 17.6. The van der Waals surface area contributed by atoms with E-state index in [0.29, 0.717) is 18.2 Å². The Bertz CT molecular complexity index is 1070. The fourth-order valence-corrected chi connectivity index (χ4v) is 7.74. The van der Waals surface area contributed by atoms with Crippen molar-refractivity contribution < 1.29 is 17.9 Å². The van der Waals surface area contributed by atoms with Gasteiger partial charge in [0.2, 0.25) is 5.91 Å². The summed E-state index contributed by atoms with van der Waals surface area (Å²) < 4.78 is 30.3. The fourth-order valence-electron chi connectivity index (χ4n) is 3.81. The molecule has 2 aromatic carbocycles. The number of carbonyl (C=O) groups excluding carboxylic acids is 1. The van der Waals surface area contributed by atoms with Crippen molar-refractivity contribution in [3.63, 3.8) is 0 Å². The quantitative estimate of drug-likeness (QED) is 0.653. The monoisotopic (exact) mass is 458 g/mol. The highest BCUT2D eigenvalue weighted by molar-refractivity contribution is 8.16. The SMILES string of the molecule is CC(C)CC(=O)N=C1S[C@@H]2CS(=O)(=O)C[C@H]2N1c1ccc(OCc2ccccc2)cc1. The molecule has 2 atom stereocenters. The van der Waals surface area contributed by atoms with E-state index in [-0.39, 0.29) is 34.6 Å². The number of anilines is 1. The van der Waals surface area contributed by atoms with Crippen molar-refractivity contribution >= 4 is 38.4 Å². The van der Waals surface area contributed by atoms with Crippen LogP contribution in [-0.4, -0.2) is 42.3 Å². The van der Waals surface area contributed by atoms with Crippen LogP contribution in [0.2, 0.25) is 0 Å². The molecule has 0 saturated carbocycles. The molecule has 2 aromatic rings. The van der Waals surface area contributed by atoms with Gasteiger partial charge in [-0.15, -0.1) is 0 Å². The van der Waals surface area contributed by atoms with Gasteiger partial charge in [-0.05, 0) is 35.7 Å². The summed E-state index contributed by atoms with van der Waals surface area (Å²) in [6.45, 7) is 4.43. The van der Waals surface area contributed by atoms with Crippen molar-refractivity contribution in [2.24, 2.45) is 10.9 Å². The summed E-state index contributed by atoms with van der Waals surface area (Å²) in [6.07, 6.45) is 0.373. The average Bonchev–Trinajstić information content (AvgIpc) is 3.17. The van der Waals surface area contributed by atoms with Gasteiger partial charge in [0.05, 0.1) is 17.5 Å². The lowest BCUT2D eigenvalue weighted by molar-refractivity contribution is -0.118. The molecule has 1 amide bonds. The molecule has 164 valence electrons. The van der Waals surface area contributed by atoms with Crippen LogP contribution in [0.25, 0.3) is 0 Å². The highest BCUT2D eigenvalue weighted by atomic mass is 32.2. The largest absolute Gasteiger partial charge is 0.489 e. The third kappa shape index (κ3) is 5.30. The van der Waals surface area contributed by atoms with Gasteiger partial charge in [0.1, 0.15) is 12.4 Å². The number of nitrogens with zero attached hydrogens (tertiary/aromatic N) is 2. The van der Waals surface area contributed by atoms with E-state index in [9.17, 15) is 13.2 Å². The van der Waals surface area contributed by atoms with Gasteiger partial charge in [0, 0.05) is 17.4 Å². The van der Waals surface area contributed by atoms with Crippen LogP contribution < -0.4 is 9.64 Å². The first kappa shape index (κ1) is 21.9. The molecule has 0 bridgehead atoms. The summed E-state index contributed by atoms with van der Waals surface area (Å²) in [5.74, 6) is 0.971. The Morgan fingerprint density at radius 2 is 1.84 bits per heavy atom. The predicted molar refractivity (Wildman–Crippen MR) is 125 cm³/mol. The lowest BCUT2D eigenvalue weighted by atomic mass is 10.1. The topological polar surface area (TPSA) is 76.0 Å². The van der Waals surface area contributed by atoms with E-state index in [1.165, 1.54) is 11.8 Å². The lowest BCUT2D eigenvalue weighted by Gasteiger charge is -2.24. The summed E-state index contributed by atoms with van der Waals surface area (Å²) in [7, 11) is -3.09. The number of fused-ring (bicyclic) bond motifs is 1. The van der Waals surface area contributed by atoms with Crippen LogP contribution in [0, 0.1) is 5.92 Å². The molecule has 0 aliphatic carbocycles. The molecule has 0 unspecified atom stereocenters. The maximum Gasteiger partial charge on any atom is 0.248 e. The maximum absolute atomic E-state index is 12.3. The molecule has 31 heavy (non-hydrogen) atoms. The number of ether oxygens (including phenoxy) is 1. The summed E-state index contributed by atoms with van der Waals surface area (Å²) in [5.41, 5.74) is 1.90. The Labute approximate surface area is 187 Å². The highest BCUT2D eigenvalue weighted by Crippen LogP contribution is 2.41. The number of hydrogen-bond acceptors (Lipinski definition) is 5. The van der Waals surface area contributed by atoms with Gasteiger partial charge >= 0.3 is 0 Å². The zero-order chi connectivity index (χ0) is 22.0. The van der Waals surface area contributed by atoms with Crippen molar-refractivity contribution in [1.29, 1.82) is 0 Å². The second kappa shape index (κ2) is 9.04. The summed E-state index contributed by atoms with van der Waals surface area (Å²) in [6, 6.07) is 17.3. The van der Waals surface area contributed by atoms with Crippen molar-refractivity contribution in [2.75, 3.05) is 16.4 Å². The van der Waals surface area contributed by atoms with Crippen molar-refractivity contribution in [3.8, 4) is 5.75 Å². The molecular formula is C23H26N2O4S2. The summed E-state index contributed by atoms with van der Waals surface area (Å²) in [5, 5.41) is 0.484. The van der Waals surface area contributed by atoms with Crippen LogP contribution in [0.4, 0.5) is 5.69 Å². The zero-order valence-corrected chi connectivity index (χ0v) is 19.2. The van der Waals surface area contributed by atoms with Gasteiger partial charge in [0.25, 0.3) is 0 Å². The van der Waals surface area contributed by atoms with Crippen molar-refractivity contribution in [3.05, 3.63) is 60.2 Å². The van der Waals surface area contributed by atoms with Gasteiger partial charge in [0.15, 0.2) is 15.0 Å². The minimum atomic E-state index is -3.09. The molecule has 0 N–H and O–H groups in total. The van der Waals surface area contributed by atoms with Crippen LogP contribution in [0.15, 0.2) is 59.6 Å². The van der Waals surface area contributed by atoms with Crippen molar-refractivity contribution in [2.45, 2.75) is 38.2 Å². The molecule has 0 radical (unpaired) electrons. The number of benzene rings is 2. The third-order valence-corrected chi connectivity index (χ3v) is 8.44. The number of rotatable bonds is 6. The maximum atomic E-state index is 12.3. The molecular weight excluding hydrogens is 432 g/mol. The van der Waals surface area contributed by atoms with Crippen LogP contribution in [-0.2, 0) is 21.2 Å². The normalized spacial score (nSPS) is 23.3. The van der Waals surface area contributed by atoms with E-state index in [4.69, 9.17) is 4.74 Å². The third-order valence-electron chi connectivity index (χ3n) is 5.23. The second-order valence-corrected chi connectivity index (χ2v) is 11.7. The number of aliphatic imine (C=N–C) groups is 1. The number of hydrogen-bond donors (Lipinski definition) is 0. The van der Waals surface area contributed by atoms with E-state index in [1.54, 1.807) is 0 Å². The summed E-state index contributed by atoms with van der Waals surface area (Å²) >= 11 is 1.40. The van der Waals surface area contributed by atoms with Crippen LogP contribution >= 0.6 is 11.8 Å². The van der Waals surface area contributed by atoms with Gasteiger partial charge < -0.3 is 9.64 Å². The van der Waals surface area contributed by atoms with E-state index in [2.05, 4.69) is 4.99 Å². The molecule has 8 heteroatoms. The first-order valence-corrected chi connectivity index (χ1v) is 13.1. The number of carbonyl (C=O) groups is 1. The molecule has 4 rings (SSSR count). The second-order valence-electron chi connectivity index (χ2n) is 8.32. The number of thioether (sulfide) groups is 1. The molecule has 2 fully saturated rings. The van der Waals surface area contributed by atoms with Crippen LogP contribution in [0.5, 0.6) is 5.75 Å². The smallest absolute Gasteiger partial charge is 0.248 e. The highest BCUT2D eigenvalue weighted by Gasteiger charge is 2.49. The number of amides is 1. The molecule has 0 aromatic heterocycles. The molecule has 2 heterocycles. The van der Waals surface area contributed by atoms with E-state index < -0.39 is 9.84 Å². The molecule has 2 aliphatic heterocycles. The predicted octanol–water partition coefficient (Wildman–Crippen LogP) is 3.91. The van der Waals surface area contributed by atoms with E-state index in [1.807, 2.05) is 73.3 Å². The van der Waals surface area contributed by atoms with Crippen LogP contribution in [0.3, 0.4) is 0 Å². The Morgan fingerprint density at radius 3 is 2.52 bits per heavy atom. The lowest BCUT2D eigenvalue weighted by Crippen LogP contribution is -2.37. The van der Waals surface area contributed by atoms with Gasteiger partial charge in [-0.1, -0.05) is 55.9 Å². The number of sulfone groups is 1. The van der Waals surface area contributed by atoms with E-state index in [0.717, 1.165) is 17.0 Å². The minimum Gasteiger partial charge on any atom is -0.489 e. The standard InChI is InChI=1S/C23H26N2O4S2/c1-16(2)12-22(26)24-23-25(20-14-31(27,28)15-21(20)30-23)18-8-10-19(11-9-18)29-13-17-6-4-3-5-7-17/h3-11,16,20-21H,12-15H2,1-2H3/t20-,21-/m1/s1. The summed E-state index contributed by atoms with van der Waals surface area (Å²) in [4.78, 5) is 18.6. The molecule has 6 nitrogen and oxygen atoms in total. The average molecular weight is 459 g/mol. The Hall–Kier alpha value is -2.32. The molecule has 0 spiro atoms. The van der Waals surface area contributed by atoms with E-state index >= 15 is 0 Å². The molecule has 2 saturated heterocycles. The molecule has 2 aliphatic rings. The first-order chi connectivity index (χ1) is 14.8. The van der Waals surface area contributed by atoms with Gasteiger partial charge in [-0.2, -0.15) is 4.99 Å². The Balaban J connectivity index is 1.54.